The molecule has 8 nitrogen and oxygen atoms in total. The van der Waals surface area contributed by atoms with E-state index < -0.39 is 27.3 Å². The third-order valence-corrected chi connectivity index (χ3v) is 4.95. The van der Waals surface area contributed by atoms with Crippen LogP contribution in [0.4, 0.5) is 0 Å². The number of nitrogens with one attached hydrogen (secondary N) is 1. The first-order valence-electron chi connectivity index (χ1n) is 6.31. The number of carboxylic acids is 1. The molecule has 0 radical (unpaired) electrons. The number of oxazole rings is 1. The number of nitrogens with zero attached hydrogens (tertiary/aromatic N) is 2. The molecule has 10 heteroatoms. The molecule has 22 heavy (non-hydrogen) atoms. The van der Waals surface area contributed by atoms with Gasteiger partial charge in [0, 0.05) is 19.6 Å². The quantitative estimate of drug-likeness (QED) is 0.820. The molecule has 1 aliphatic heterocycles. The Morgan fingerprint density at radius 2 is 2.14 bits per heavy atom. The van der Waals surface area contributed by atoms with Crippen molar-refractivity contribution in [2.24, 2.45) is 0 Å². The van der Waals surface area contributed by atoms with Gasteiger partial charge in [-0.2, -0.15) is 9.29 Å². The van der Waals surface area contributed by atoms with Crippen LogP contribution in [0.25, 0.3) is 11.1 Å². The summed E-state index contributed by atoms with van der Waals surface area (Å²) in [5.74, 6) is -1.21. The van der Waals surface area contributed by atoms with Crippen LogP contribution >= 0.6 is 12.4 Å². The fourth-order valence-corrected chi connectivity index (χ4v) is 3.69. The van der Waals surface area contributed by atoms with Gasteiger partial charge in [0.2, 0.25) is 0 Å². The second-order valence-electron chi connectivity index (χ2n) is 4.62. The molecule has 1 unspecified atom stereocenters. The number of sulfonamides is 1. The minimum atomic E-state index is -4.08. The number of para-hydroxylation sites is 2. The van der Waals surface area contributed by atoms with Crippen LogP contribution < -0.4 is 5.32 Å². The Bertz CT molecular complexity index is 758. The zero-order chi connectivity index (χ0) is 15.0. The van der Waals surface area contributed by atoms with Crippen molar-refractivity contribution >= 4 is 39.5 Å². The Hall–Kier alpha value is -1.68. The van der Waals surface area contributed by atoms with Gasteiger partial charge in [0.25, 0.3) is 10.0 Å². The maximum atomic E-state index is 12.6. The van der Waals surface area contributed by atoms with Gasteiger partial charge in [0.1, 0.15) is 11.6 Å². The zero-order valence-corrected chi connectivity index (χ0v) is 12.9. The molecule has 1 aliphatic rings. The highest BCUT2D eigenvalue weighted by Gasteiger charge is 2.40. The topological polar surface area (TPSA) is 113 Å². The van der Waals surface area contributed by atoms with Crippen molar-refractivity contribution in [1.82, 2.24) is 14.6 Å². The number of aromatic nitrogens is 1. The first kappa shape index (κ1) is 16.7. The molecular weight excluding hydrogens is 334 g/mol. The molecule has 1 aromatic heterocycles. The lowest BCUT2D eigenvalue weighted by molar-refractivity contribution is -0.141. The number of piperazine rings is 1. The van der Waals surface area contributed by atoms with E-state index in [0.717, 1.165) is 4.31 Å². The molecule has 2 N–H and O–H groups in total. The van der Waals surface area contributed by atoms with Crippen molar-refractivity contribution < 1.29 is 22.7 Å². The molecular formula is C12H14ClN3O5S. The fraction of sp³-hybridized carbons (Fsp3) is 0.333. The van der Waals surface area contributed by atoms with Crippen molar-refractivity contribution in [3.8, 4) is 0 Å². The van der Waals surface area contributed by atoms with Crippen LogP contribution in [-0.4, -0.2) is 54.5 Å². The van der Waals surface area contributed by atoms with E-state index in [1.165, 1.54) is 0 Å². The maximum Gasteiger partial charge on any atom is 0.332 e. The molecule has 0 spiro atoms. The van der Waals surface area contributed by atoms with Gasteiger partial charge in [0.15, 0.2) is 5.58 Å². The summed E-state index contributed by atoms with van der Waals surface area (Å²) >= 11 is 0. The number of hydrogen-bond acceptors (Lipinski definition) is 6. The van der Waals surface area contributed by atoms with E-state index in [1.807, 2.05) is 0 Å². The second kappa shape index (κ2) is 6.21. The Labute approximate surface area is 132 Å². The van der Waals surface area contributed by atoms with Crippen LogP contribution in [0.1, 0.15) is 0 Å². The molecule has 3 rings (SSSR count). The summed E-state index contributed by atoms with van der Waals surface area (Å²) in [4.78, 5) is 15.2. The minimum absolute atomic E-state index is 0. The van der Waals surface area contributed by atoms with E-state index in [2.05, 4.69) is 10.3 Å². The number of aliphatic carboxylic acids is 1. The lowest BCUT2D eigenvalue weighted by Crippen LogP contribution is -2.56. The summed E-state index contributed by atoms with van der Waals surface area (Å²) in [7, 11) is -4.08. The van der Waals surface area contributed by atoms with Crippen LogP contribution in [-0.2, 0) is 14.8 Å². The Balaban J connectivity index is 0.00000176. The van der Waals surface area contributed by atoms with Gasteiger partial charge in [-0.25, -0.2) is 8.42 Å². The Kier molecular flexibility index (Phi) is 4.71. The van der Waals surface area contributed by atoms with E-state index in [1.54, 1.807) is 24.3 Å². The summed E-state index contributed by atoms with van der Waals surface area (Å²) in [6.07, 6.45) is 0. The first-order valence-corrected chi connectivity index (χ1v) is 7.75. The molecule has 1 aromatic carbocycles. The number of fused-ring (bicyclic) bond motifs is 1. The van der Waals surface area contributed by atoms with Crippen molar-refractivity contribution in [2.75, 3.05) is 19.6 Å². The fourth-order valence-electron chi connectivity index (χ4n) is 2.25. The van der Waals surface area contributed by atoms with Crippen molar-refractivity contribution in [1.29, 1.82) is 0 Å². The molecule has 1 atom stereocenters. The van der Waals surface area contributed by atoms with Crippen LogP contribution in [0.15, 0.2) is 33.9 Å². The Morgan fingerprint density at radius 3 is 2.82 bits per heavy atom. The van der Waals surface area contributed by atoms with Gasteiger partial charge in [-0.05, 0) is 12.1 Å². The largest absolute Gasteiger partial charge is 0.480 e. The summed E-state index contributed by atoms with van der Waals surface area (Å²) in [6, 6.07) is 5.48. The number of hydrogen-bond donors (Lipinski definition) is 2. The molecule has 0 saturated carbocycles. The molecule has 0 amide bonds. The SMILES string of the molecule is Cl.O=C(O)C1CNCCN1S(=O)(=O)c1nc2ccccc2o1. The predicted molar refractivity (Wildman–Crippen MR) is 79.4 cm³/mol. The number of halogens is 1. The average Bonchev–Trinajstić information content (AvgIpc) is 2.92. The summed E-state index contributed by atoms with van der Waals surface area (Å²) in [5, 5.41) is 11.5. The van der Waals surface area contributed by atoms with Gasteiger partial charge in [-0.1, -0.05) is 12.1 Å². The third kappa shape index (κ3) is 2.80. The highest BCUT2D eigenvalue weighted by atomic mass is 35.5. The molecule has 2 heterocycles. The van der Waals surface area contributed by atoms with Crippen molar-refractivity contribution in [3.05, 3.63) is 24.3 Å². The van der Waals surface area contributed by atoms with Crippen molar-refractivity contribution in [3.63, 3.8) is 0 Å². The van der Waals surface area contributed by atoms with E-state index >= 15 is 0 Å². The average molecular weight is 348 g/mol. The lowest BCUT2D eigenvalue weighted by Gasteiger charge is -2.31. The summed E-state index contributed by atoms with van der Waals surface area (Å²) in [6.45, 7) is 0.482. The monoisotopic (exact) mass is 347 g/mol. The molecule has 1 saturated heterocycles. The van der Waals surface area contributed by atoms with E-state index in [4.69, 9.17) is 9.52 Å². The normalized spacial score (nSPS) is 19.7. The van der Waals surface area contributed by atoms with Gasteiger partial charge in [-0.3, -0.25) is 4.79 Å². The van der Waals surface area contributed by atoms with Crippen LogP contribution in [0.2, 0.25) is 0 Å². The number of rotatable bonds is 3. The van der Waals surface area contributed by atoms with Crippen molar-refractivity contribution in [2.45, 2.75) is 11.3 Å². The predicted octanol–water partition coefficient (Wildman–Crippen LogP) is 0.297. The van der Waals surface area contributed by atoms with Gasteiger partial charge >= 0.3 is 11.2 Å². The second-order valence-corrected chi connectivity index (χ2v) is 6.39. The van der Waals surface area contributed by atoms with E-state index in [0.29, 0.717) is 17.6 Å². The van der Waals surface area contributed by atoms with E-state index in [9.17, 15) is 13.2 Å². The van der Waals surface area contributed by atoms with Crippen LogP contribution in [0.3, 0.4) is 0 Å². The van der Waals surface area contributed by atoms with Gasteiger partial charge in [-0.15, -0.1) is 12.4 Å². The highest BCUT2D eigenvalue weighted by Crippen LogP contribution is 2.23. The van der Waals surface area contributed by atoms with Gasteiger partial charge < -0.3 is 14.8 Å². The zero-order valence-electron chi connectivity index (χ0n) is 11.3. The van der Waals surface area contributed by atoms with Crippen LogP contribution in [0.5, 0.6) is 0 Å². The number of benzene rings is 1. The highest BCUT2D eigenvalue weighted by molar-refractivity contribution is 7.88. The standard InChI is InChI=1S/C12H13N3O5S.ClH/c16-11(17)9-7-13-5-6-15(9)21(18,19)12-14-8-3-1-2-4-10(8)20-12;/h1-4,9,13H,5-7H2,(H,16,17);1H. The van der Waals surface area contributed by atoms with E-state index in [-0.39, 0.29) is 25.5 Å². The number of carboxylic acid groups (broad SMARTS) is 1. The first-order chi connectivity index (χ1) is 10.00. The summed E-state index contributed by atoms with van der Waals surface area (Å²) in [5.41, 5.74) is 0.760. The number of carbonyl (C=O) groups is 1. The molecule has 0 aliphatic carbocycles. The maximum absolute atomic E-state index is 12.6. The smallest absolute Gasteiger partial charge is 0.332 e. The Morgan fingerprint density at radius 1 is 1.41 bits per heavy atom. The molecule has 1 fully saturated rings. The lowest BCUT2D eigenvalue weighted by atomic mass is 10.2. The molecule has 2 aromatic rings. The third-order valence-electron chi connectivity index (χ3n) is 3.28. The minimum Gasteiger partial charge on any atom is -0.480 e. The van der Waals surface area contributed by atoms with Crippen LogP contribution in [0, 0.1) is 0 Å². The summed E-state index contributed by atoms with van der Waals surface area (Å²) < 4.78 is 31.3. The molecule has 0 bridgehead atoms. The molecule has 120 valence electrons. The van der Waals surface area contributed by atoms with Gasteiger partial charge in [0.05, 0.1) is 0 Å².